The molecule has 0 spiro atoms. The van der Waals surface area contributed by atoms with Gasteiger partial charge in [0.1, 0.15) is 11.2 Å². The van der Waals surface area contributed by atoms with Crippen LogP contribution in [0.5, 0.6) is 0 Å². The van der Waals surface area contributed by atoms with Gasteiger partial charge in [-0.15, -0.1) is 0 Å². The molecule has 4 heteroatoms. The van der Waals surface area contributed by atoms with E-state index >= 15 is 0 Å². The smallest absolute Gasteiger partial charge is 0.252 e. The third-order valence-electron chi connectivity index (χ3n) is 12.5. The van der Waals surface area contributed by atoms with Crippen molar-refractivity contribution in [1.82, 2.24) is 0 Å². The monoisotopic (exact) mass is 754 g/mol. The first-order valence-electron chi connectivity index (χ1n) is 21.7. The van der Waals surface area contributed by atoms with Crippen molar-refractivity contribution in [1.29, 1.82) is 0 Å². The van der Waals surface area contributed by atoms with E-state index in [4.69, 9.17) is 4.42 Å². The zero-order valence-electron chi connectivity index (χ0n) is 34.3. The Balaban J connectivity index is 1.27. The molecule has 0 aliphatic carbocycles. The minimum Gasteiger partial charge on any atom is -0.456 e. The molecular formula is C54H51BN2O. The quantitative estimate of drug-likeness (QED) is 0.123. The second-order valence-electron chi connectivity index (χ2n) is 16.4. The zero-order valence-corrected chi connectivity index (χ0v) is 34.3. The van der Waals surface area contributed by atoms with Crippen LogP contribution < -0.4 is 26.2 Å². The van der Waals surface area contributed by atoms with Crippen molar-refractivity contribution >= 4 is 79.2 Å². The van der Waals surface area contributed by atoms with Gasteiger partial charge in [0.15, 0.2) is 0 Å². The zero-order chi connectivity index (χ0) is 39.3. The third-order valence-corrected chi connectivity index (χ3v) is 12.5. The van der Waals surface area contributed by atoms with E-state index in [2.05, 4.69) is 177 Å². The Morgan fingerprint density at radius 3 is 1.64 bits per heavy atom. The summed E-state index contributed by atoms with van der Waals surface area (Å²) in [5.74, 6) is 0. The summed E-state index contributed by atoms with van der Waals surface area (Å²) in [5.41, 5.74) is 21.4. The molecule has 0 N–H and O–H groups in total. The molecule has 3 heterocycles. The highest BCUT2D eigenvalue weighted by Gasteiger charge is 2.43. The van der Waals surface area contributed by atoms with E-state index < -0.39 is 0 Å². The molecule has 7 aromatic carbocycles. The van der Waals surface area contributed by atoms with Gasteiger partial charge in [-0.05, 0) is 131 Å². The molecule has 0 radical (unpaired) electrons. The lowest BCUT2D eigenvalue weighted by Gasteiger charge is -2.44. The predicted octanol–water partition coefficient (Wildman–Crippen LogP) is 13.1. The summed E-state index contributed by atoms with van der Waals surface area (Å²) in [4.78, 5) is 5.13. The van der Waals surface area contributed by atoms with Crippen LogP contribution in [-0.4, -0.2) is 6.71 Å². The van der Waals surface area contributed by atoms with Gasteiger partial charge in [-0.3, -0.25) is 0 Å². The van der Waals surface area contributed by atoms with Crippen LogP contribution in [0, 0.1) is 0 Å². The number of para-hydroxylation sites is 1. The van der Waals surface area contributed by atoms with Gasteiger partial charge in [-0.1, -0.05) is 132 Å². The van der Waals surface area contributed by atoms with Crippen LogP contribution in [0.2, 0.25) is 0 Å². The second kappa shape index (κ2) is 15.1. The van der Waals surface area contributed by atoms with Crippen LogP contribution in [0.4, 0.5) is 34.1 Å². The normalized spacial score (nSPS) is 12.9. The van der Waals surface area contributed by atoms with Crippen molar-refractivity contribution in [3.8, 4) is 11.1 Å². The number of nitrogens with zero attached hydrogens (tertiary/aromatic N) is 2. The number of aryl methyl sites for hydroxylation is 4. The lowest BCUT2D eigenvalue weighted by molar-refractivity contribution is 0.669. The maximum atomic E-state index is 6.49. The van der Waals surface area contributed by atoms with Gasteiger partial charge in [0, 0.05) is 44.8 Å². The summed E-state index contributed by atoms with van der Waals surface area (Å²) in [5, 5.41) is 2.33. The van der Waals surface area contributed by atoms with Crippen molar-refractivity contribution in [3.05, 3.63) is 162 Å². The SMILES string of the molecule is CCCc1ccc(N2c3ccc(CCC)cc3B3c4cc(CCC)ccc4N(c4ccc(CCC)cc4-c4cccc5oc6ccccc6c45)c4cccc2c43)cc1. The molecule has 0 atom stereocenters. The molecule has 286 valence electrons. The fourth-order valence-electron chi connectivity index (χ4n) is 10.0. The first-order valence-corrected chi connectivity index (χ1v) is 21.7. The molecule has 0 saturated heterocycles. The number of rotatable bonds is 11. The number of hydrogen-bond acceptors (Lipinski definition) is 3. The Morgan fingerprint density at radius 2 is 0.966 bits per heavy atom. The Labute approximate surface area is 344 Å². The van der Waals surface area contributed by atoms with Crippen molar-refractivity contribution in [2.45, 2.75) is 79.1 Å². The van der Waals surface area contributed by atoms with Gasteiger partial charge in [-0.2, -0.15) is 0 Å². The van der Waals surface area contributed by atoms with Crippen LogP contribution in [0.3, 0.4) is 0 Å². The maximum absolute atomic E-state index is 6.49. The number of furan rings is 1. The molecule has 10 rings (SSSR count). The Kier molecular flexibility index (Phi) is 9.44. The van der Waals surface area contributed by atoms with Crippen LogP contribution in [0.15, 0.2) is 144 Å². The Bertz CT molecular complexity index is 2820. The lowest BCUT2D eigenvalue weighted by atomic mass is 9.33. The Hall–Kier alpha value is -6.00. The highest BCUT2D eigenvalue weighted by molar-refractivity contribution is 7.00. The lowest BCUT2D eigenvalue weighted by Crippen LogP contribution is -2.61. The minimum absolute atomic E-state index is 0.0979. The molecular weight excluding hydrogens is 703 g/mol. The highest BCUT2D eigenvalue weighted by Crippen LogP contribution is 2.48. The summed E-state index contributed by atoms with van der Waals surface area (Å²) >= 11 is 0. The van der Waals surface area contributed by atoms with E-state index in [-0.39, 0.29) is 6.71 Å². The number of anilines is 6. The highest BCUT2D eigenvalue weighted by atomic mass is 16.3. The molecule has 0 saturated carbocycles. The first kappa shape index (κ1) is 36.4. The van der Waals surface area contributed by atoms with Crippen LogP contribution in [0.1, 0.15) is 75.6 Å². The number of hydrogen-bond donors (Lipinski definition) is 0. The summed E-state index contributed by atoms with van der Waals surface area (Å²) in [6.45, 7) is 9.21. The molecule has 0 bridgehead atoms. The van der Waals surface area contributed by atoms with Crippen LogP contribution in [0.25, 0.3) is 33.1 Å². The molecule has 2 aliphatic rings. The molecule has 1 aromatic heterocycles. The molecule has 0 amide bonds. The largest absolute Gasteiger partial charge is 0.456 e. The van der Waals surface area contributed by atoms with Gasteiger partial charge >= 0.3 is 0 Å². The summed E-state index contributed by atoms with van der Waals surface area (Å²) < 4.78 is 6.49. The number of benzene rings is 7. The van der Waals surface area contributed by atoms with Crippen molar-refractivity contribution < 1.29 is 4.42 Å². The van der Waals surface area contributed by atoms with Gasteiger partial charge in [-0.25, -0.2) is 0 Å². The second-order valence-corrected chi connectivity index (χ2v) is 16.4. The summed E-state index contributed by atoms with van der Waals surface area (Å²) in [7, 11) is 0. The van der Waals surface area contributed by atoms with Crippen molar-refractivity contribution in [3.63, 3.8) is 0 Å². The van der Waals surface area contributed by atoms with Crippen molar-refractivity contribution in [2.24, 2.45) is 0 Å². The van der Waals surface area contributed by atoms with E-state index in [0.717, 1.165) is 67.9 Å². The average Bonchev–Trinajstić information content (AvgIpc) is 3.64. The Morgan fingerprint density at radius 1 is 0.431 bits per heavy atom. The van der Waals surface area contributed by atoms with Gasteiger partial charge in [0.05, 0.1) is 5.69 Å². The minimum atomic E-state index is 0.0979. The van der Waals surface area contributed by atoms with Crippen LogP contribution in [-0.2, 0) is 25.7 Å². The standard InChI is InChI=1S/C54H51BN2O/c1-5-13-36-23-28-40(29-24-36)56-47-31-26-38(15-7-3)34-44(47)55-45-35-39(16-8-4)27-32-48(45)57(50-20-12-19-49(56)54(50)55)46-30-25-37(14-6-2)33-43(46)41-18-11-22-52-53(41)42-17-9-10-21-51(42)58-52/h9-12,17-35H,5-8,13-16H2,1-4H3. The van der Waals surface area contributed by atoms with Crippen molar-refractivity contribution in [2.75, 3.05) is 9.80 Å². The summed E-state index contributed by atoms with van der Waals surface area (Å²) in [6.07, 6.45) is 8.70. The van der Waals surface area contributed by atoms with Gasteiger partial charge in [0.2, 0.25) is 0 Å². The first-order chi connectivity index (χ1) is 28.6. The predicted molar refractivity (Wildman–Crippen MR) is 249 cm³/mol. The molecule has 0 fully saturated rings. The number of fused-ring (bicyclic) bond motifs is 7. The van der Waals surface area contributed by atoms with Gasteiger partial charge < -0.3 is 14.2 Å². The van der Waals surface area contributed by atoms with Crippen LogP contribution >= 0.6 is 0 Å². The van der Waals surface area contributed by atoms with E-state index in [9.17, 15) is 0 Å². The molecule has 8 aromatic rings. The fraction of sp³-hybridized carbons (Fsp3) is 0.222. The molecule has 2 aliphatic heterocycles. The average molecular weight is 755 g/mol. The topological polar surface area (TPSA) is 19.6 Å². The van der Waals surface area contributed by atoms with E-state index in [1.54, 1.807) is 0 Å². The molecule has 0 unspecified atom stereocenters. The maximum Gasteiger partial charge on any atom is 0.252 e. The van der Waals surface area contributed by atoms with E-state index in [1.807, 2.05) is 0 Å². The summed E-state index contributed by atoms with van der Waals surface area (Å²) in [6, 6.07) is 53.2. The van der Waals surface area contributed by atoms with E-state index in [1.165, 1.54) is 89.3 Å². The fourth-order valence-corrected chi connectivity index (χ4v) is 10.0. The van der Waals surface area contributed by atoms with Gasteiger partial charge in [0.25, 0.3) is 6.71 Å². The van der Waals surface area contributed by atoms with E-state index in [0.29, 0.717) is 0 Å². The third kappa shape index (κ3) is 5.96. The molecule has 3 nitrogen and oxygen atoms in total. The molecule has 58 heavy (non-hydrogen) atoms.